The first-order valence-corrected chi connectivity index (χ1v) is 9.00. The van der Waals surface area contributed by atoms with Gasteiger partial charge < -0.3 is 10.2 Å². The van der Waals surface area contributed by atoms with Crippen molar-refractivity contribution >= 4 is 23.2 Å². The Morgan fingerprint density at radius 2 is 1.67 bits per heavy atom. The third kappa shape index (κ3) is 3.47. The van der Waals surface area contributed by atoms with Gasteiger partial charge in [0.1, 0.15) is 0 Å². The molecule has 0 aliphatic carbocycles. The number of hydrogen-bond donors (Lipinski definition) is 1. The maximum atomic E-state index is 13.0. The van der Waals surface area contributed by atoms with Crippen molar-refractivity contribution < 1.29 is 9.59 Å². The number of carbonyl (C=O) groups excluding carboxylic acids is 2. The molecule has 3 aromatic rings. The summed E-state index contributed by atoms with van der Waals surface area (Å²) in [6, 6.07) is 22.5. The van der Waals surface area contributed by atoms with Gasteiger partial charge in [0.05, 0.1) is 0 Å². The lowest BCUT2D eigenvalue weighted by atomic mass is 10.1. The van der Waals surface area contributed by atoms with E-state index in [1.165, 1.54) is 5.56 Å². The molecule has 0 saturated heterocycles. The molecule has 0 bridgehead atoms. The number of para-hydroxylation sites is 1. The number of nitrogens with zero attached hydrogens (tertiary/aromatic N) is 1. The first kappa shape index (κ1) is 17.0. The smallest absolute Gasteiger partial charge is 0.258 e. The van der Waals surface area contributed by atoms with Gasteiger partial charge in [0.2, 0.25) is 0 Å². The standard InChI is InChI=1S/C23H20N2O2/c1-16-6-4-10-20(14-16)24-22(26)18-8-5-9-19(15-18)23(27)25-13-12-17-7-2-3-11-21(17)25/h2-11,14-15H,12-13H2,1H3,(H,24,26). The van der Waals surface area contributed by atoms with E-state index in [-0.39, 0.29) is 11.8 Å². The Kier molecular flexibility index (Phi) is 4.47. The average molecular weight is 356 g/mol. The average Bonchev–Trinajstić information content (AvgIpc) is 3.11. The minimum absolute atomic E-state index is 0.0786. The summed E-state index contributed by atoms with van der Waals surface area (Å²) in [7, 11) is 0. The Bertz CT molecular complexity index is 1030. The van der Waals surface area contributed by atoms with Crippen LogP contribution >= 0.6 is 0 Å². The fourth-order valence-corrected chi connectivity index (χ4v) is 3.42. The zero-order valence-electron chi connectivity index (χ0n) is 15.1. The number of anilines is 2. The van der Waals surface area contributed by atoms with Gasteiger partial charge in [-0.15, -0.1) is 0 Å². The molecule has 1 aliphatic rings. The molecule has 0 aromatic heterocycles. The van der Waals surface area contributed by atoms with E-state index in [0.29, 0.717) is 17.7 Å². The van der Waals surface area contributed by atoms with Gasteiger partial charge in [0.25, 0.3) is 11.8 Å². The molecule has 0 unspecified atom stereocenters. The predicted octanol–water partition coefficient (Wildman–Crippen LogP) is 4.45. The molecule has 1 heterocycles. The largest absolute Gasteiger partial charge is 0.322 e. The van der Waals surface area contributed by atoms with E-state index < -0.39 is 0 Å². The Labute approximate surface area is 158 Å². The minimum Gasteiger partial charge on any atom is -0.322 e. The van der Waals surface area contributed by atoms with Crippen molar-refractivity contribution in [2.24, 2.45) is 0 Å². The summed E-state index contributed by atoms with van der Waals surface area (Å²) in [5.74, 6) is -0.303. The maximum Gasteiger partial charge on any atom is 0.258 e. The Balaban J connectivity index is 1.56. The number of rotatable bonds is 3. The van der Waals surface area contributed by atoms with Crippen LogP contribution in [0, 0.1) is 6.92 Å². The van der Waals surface area contributed by atoms with Crippen molar-refractivity contribution in [2.75, 3.05) is 16.8 Å². The molecule has 0 saturated carbocycles. The third-order valence-electron chi connectivity index (χ3n) is 4.78. The van der Waals surface area contributed by atoms with Gasteiger partial charge in [-0.2, -0.15) is 0 Å². The predicted molar refractivity (Wildman–Crippen MR) is 107 cm³/mol. The summed E-state index contributed by atoms with van der Waals surface area (Å²) < 4.78 is 0. The highest BCUT2D eigenvalue weighted by atomic mass is 16.2. The highest BCUT2D eigenvalue weighted by molar-refractivity contribution is 6.10. The molecular formula is C23H20N2O2. The van der Waals surface area contributed by atoms with Crippen LogP contribution in [0.3, 0.4) is 0 Å². The van der Waals surface area contributed by atoms with Crippen LogP contribution in [0.1, 0.15) is 31.8 Å². The van der Waals surface area contributed by atoms with Gasteiger partial charge in [-0.05, 0) is 60.9 Å². The lowest BCUT2D eigenvalue weighted by Gasteiger charge is -2.17. The Morgan fingerprint density at radius 3 is 2.52 bits per heavy atom. The second-order valence-electron chi connectivity index (χ2n) is 6.74. The van der Waals surface area contributed by atoms with Gasteiger partial charge in [0.15, 0.2) is 0 Å². The monoisotopic (exact) mass is 356 g/mol. The van der Waals surface area contributed by atoms with Crippen molar-refractivity contribution in [3.8, 4) is 0 Å². The number of nitrogens with one attached hydrogen (secondary N) is 1. The Morgan fingerprint density at radius 1 is 0.889 bits per heavy atom. The number of carbonyl (C=O) groups is 2. The molecular weight excluding hydrogens is 336 g/mol. The highest BCUT2D eigenvalue weighted by Crippen LogP contribution is 2.29. The van der Waals surface area contributed by atoms with E-state index in [2.05, 4.69) is 5.32 Å². The molecule has 1 aliphatic heterocycles. The van der Waals surface area contributed by atoms with Crippen LogP contribution in [0.5, 0.6) is 0 Å². The summed E-state index contributed by atoms with van der Waals surface area (Å²) in [6.07, 6.45) is 0.857. The molecule has 0 radical (unpaired) electrons. The molecule has 4 nitrogen and oxygen atoms in total. The number of fused-ring (bicyclic) bond motifs is 1. The van der Waals surface area contributed by atoms with Gasteiger partial charge in [0, 0.05) is 29.0 Å². The van der Waals surface area contributed by atoms with Crippen molar-refractivity contribution in [2.45, 2.75) is 13.3 Å². The van der Waals surface area contributed by atoms with E-state index in [1.807, 2.05) is 55.5 Å². The van der Waals surface area contributed by atoms with Crippen molar-refractivity contribution in [1.82, 2.24) is 0 Å². The molecule has 0 fully saturated rings. The fraction of sp³-hybridized carbons (Fsp3) is 0.130. The highest BCUT2D eigenvalue weighted by Gasteiger charge is 2.25. The van der Waals surface area contributed by atoms with E-state index >= 15 is 0 Å². The zero-order chi connectivity index (χ0) is 18.8. The van der Waals surface area contributed by atoms with E-state index in [1.54, 1.807) is 29.2 Å². The lowest BCUT2D eigenvalue weighted by molar-refractivity contribution is 0.0989. The SMILES string of the molecule is Cc1cccc(NC(=O)c2cccc(C(=O)N3CCc4ccccc43)c2)c1. The Hall–Kier alpha value is -3.40. The molecule has 4 heteroatoms. The van der Waals surface area contributed by atoms with Crippen molar-refractivity contribution in [3.05, 3.63) is 95.1 Å². The second-order valence-corrected chi connectivity index (χ2v) is 6.74. The fourth-order valence-electron chi connectivity index (χ4n) is 3.42. The van der Waals surface area contributed by atoms with Crippen LogP contribution < -0.4 is 10.2 Å². The molecule has 0 atom stereocenters. The van der Waals surface area contributed by atoms with Crippen LogP contribution in [0.4, 0.5) is 11.4 Å². The third-order valence-corrected chi connectivity index (χ3v) is 4.78. The molecule has 4 rings (SSSR count). The molecule has 3 aromatic carbocycles. The topological polar surface area (TPSA) is 49.4 Å². The van der Waals surface area contributed by atoms with E-state index in [0.717, 1.165) is 23.4 Å². The van der Waals surface area contributed by atoms with Gasteiger partial charge in [-0.3, -0.25) is 9.59 Å². The first-order valence-electron chi connectivity index (χ1n) is 9.00. The first-order chi connectivity index (χ1) is 13.1. The minimum atomic E-state index is -0.225. The summed E-state index contributed by atoms with van der Waals surface area (Å²) >= 11 is 0. The molecule has 134 valence electrons. The summed E-state index contributed by atoms with van der Waals surface area (Å²) in [5, 5.41) is 2.89. The van der Waals surface area contributed by atoms with Gasteiger partial charge in [-0.25, -0.2) is 0 Å². The summed E-state index contributed by atoms with van der Waals surface area (Å²) in [6.45, 7) is 2.64. The van der Waals surface area contributed by atoms with Crippen LogP contribution in [-0.2, 0) is 6.42 Å². The van der Waals surface area contributed by atoms with E-state index in [4.69, 9.17) is 0 Å². The summed E-state index contributed by atoms with van der Waals surface area (Å²) in [5.41, 5.74) is 4.93. The van der Waals surface area contributed by atoms with Crippen LogP contribution in [0.2, 0.25) is 0 Å². The maximum absolute atomic E-state index is 13.0. The van der Waals surface area contributed by atoms with Crippen LogP contribution in [0.25, 0.3) is 0 Å². The van der Waals surface area contributed by atoms with Crippen LogP contribution in [0.15, 0.2) is 72.8 Å². The quantitative estimate of drug-likeness (QED) is 0.754. The number of hydrogen-bond acceptors (Lipinski definition) is 2. The lowest BCUT2D eigenvalue weighted by Crippen LogP contribution is -2.29. The normalized spacial score (nSPS) is 12.6. The molecule has 27 heavy (non-hydrogen) atoms. The molecule has 2 amide bonds. The van der Waals surface area contributed by atoms with Gasteiger partial charge in [-0.1, -0.05) is 36.4 Å². The van der Waals surface area contributed by atoms with Crippen molar-refractivity contribution in [1.29, 1.82) is 0 Å². The number of amides is 2. The zero-order valence-corrected chi connectivity index (χ0v) is 15.1. The van der Waals surface area contributed by atoms with Crippen LogP contribution in [-0.4, -0.2) is 18.4 Å². The number of benzene rings is 3. The van der Waals surface area contributed by atoms with Gasteiger partial charge >= 0.3 is 0 Å². The van der Waals surface area contributed by atoms with E-state index in [9.17, 15) is 9.59 Å². The molecule has 1 N–H and O–H groups in total. The number of aryl methyl sites for hydroxylation is 1. The molecule has 0 spiro atoms. The summed E-state index contributed by atoms with van der Waals surface area (Å²) in [4.78, 5) is 27.4. The van der Waals surface area contributed by atoms with Crippen molar-refractivity contribution in [3.63, 3.8) is 0 Å². The second kappa shape index (κ2) is 7.08.